The number of nitrogens with one attached hydrogen (secondary N) is 1. The van der Waals surface area contributed by atoms with E-state index in [0.717, 1.165) is 19.0 Å². The zero-order valence-electron chi connectivity index (χ0n) is 9.67. The van der Waals surface area contributed by atoms with Crippen LogP contribution in [0.3, 0.4) is 0 Å². The molecule has 1 atom stereocenters. The van der Waals surface area contributed by atoms with Crippen LogP contribution in [0.25, 0.3) is 0 Å². The lowest BCUT2D eigenvalue weighted by Crippen LogP contribution is -2.44. The monoisotopic (exact) mass is 210 g/mol. The third kappa shape index (κ3) is 3.20. The van der Waals surface area contributed by atoms with Crippen molar-refractivity contribution < 1.29 is 4.79 Å². The van der Waals surface area contributed by atoms with Gasteiger partial charge in [0.2, 0.25) is 5.91 Å². The first-order valence-electron chi connectivity index (χ1n) is 6.30. The van der Waals surface area contributed by atoms with Gasteiger partial charge in [0.25, 0.3) is 0 Å². The largest absolute Gasteiger partial charge is 0.341 e. The van der Waals surface area contributed by atoms with Crippen molar-refractivity contribution in [1.29, 1.82) is 0 Å². The molecule has 1 N–H and O–H groups in total. The quantitative estimate of drug-likeness (QED) is 0.760. The predicted molar refractivity (Wildman–Crippen MR) is 60.6 cm³/mol. The van der Waals surface area contributed by atoms with Crippen molar-refractivity contribution >= 4 is 5.91 Å². The molecule has 2 aliphatic rings. The maximum absolute atomic E-state index is 11.9. The molecule has 1 aliphatic heterocycles. The van der Waals surface area contributed by atoms with Crippen LogP contribution in [-0.2, 0) is 4.79 Å². The summed E-state index contributed by atoms with van der Waals surface area (Å²) >= 11 is 0. The molecule has 2 fully saturated rings. The second-order valence-electron chi connectivity index (χ2n) is 4.91. The van der Waals surface area contributed by atoms with Crippen LogP contribution >= 0.6 is 0 Å². The summed E-state index contributed by atoms with van der Waals surface area (Å²) in [5.41, 5.74) is 0. The fraction of sp³-hybridized carbons (Fsp3) is 0.917. The van der Waals surface area contributed by atoms with E-state index in [0.29, 0.717) is 18.5 Å². The van der Waals surface area contributed by atoms with Crippen molar-refractivity contribution in [3.63, 3.8) is 0 Å². The summed E-state index contributed by atoms with van der Waals surface area (Å²) in [6.07, 6.45) is 6.21. The third-order valence-corrected chi connectivity index (χ3v) is 3.57. The fourth-order valence-corrected chi connectivity index (χ4v) is 2.26. The maximum atomic E-state index is 11.9. The van der Waals surface area contributed by atoms with E-state index in [9.17, 15) is 4.79 Å². The lowest BCUT2D eigenvalue weighted by molar-refractivity contribution is -0.132. The molecule has 1 unspecified atom stereocenters. The van der Waals surface area contributed by atoms with E-state index >= 15 is 0 Å². The average molecular weight is 210 g/mol. The van der Waals surface area contributed by atoms with Crippen molar-refractivity contribution in [3.05, 3.63) is 0 Å². The van der Waals surface area contributed by atoms with Gasteiger partial charge in [-0.05, 0) is 31.6 Å². The minimum absolute atomic E-state index is 0.306. The number of likely N-dealkylation sites (tertiary alicyclic amines) is 1. The zero-order chi connectivity index (χ0) is 10.7. The van der Waals surface area contributed by atoms with Crippen molar-refractivity contribution in [1.82, 2.24) is 10.2 Å². The Hall–Kier alpha value is -0.570. The Morgan fingerprint density at radius 2 is 2.20 bits per heavy atom. The predicted octanol–water partition coefficient (Wildman–Crippen LogP) is 1.39. The van der Waals surface area contributed by atoms with Gasteiger partial charge in [0.15, 0.2) is 0 Å². The summed E-state index contributed by atoms with van der Waals surface area (Å²) in [4.78, 5) is 13.9. The Kier molecular flexibility index (Phi) is 3.62. The Bertz CT molecular complexity index is 226. The van der Waals surface area contributed by atoms with Crippen LogP contribution < -0.4 is 5.32 Å². The third-order valence-electron chi connectivity index (χ3n) is 3.57. The number of carbonyl (C=O) groups excluding carboxylic acids is 1. The number of nitrogens with zero attached hydrogens (tertiary/aromatic N) is 1. The highest BCUT2D eigenvalue weighted by molar-refractivity contribution is 5.78. The molecule has 2 rings (SSSR count). The second kappa shape index (κ2) is 4.97. The molecule has 0 aromatic rings. The van der Waals surface area contributed by atoms with Gasteiger partial charge < -0.3 is 10.2 Å². The molecule has 1 saturated heterocycles. The number of rotatable bonds is 4. The molecule has 0 aromatic carbocycles. The van der Waals surface area contributed by atoms with Crippen LogP contribution in [-0.4, -0.2) is 36.5 Å². The van der Waals surface area contributed by atoms with Crippen LogP contribution in [0.2, 0.25) is 0 Å². The van der Waals surface area contributed by atoms with Gasteiger partial charge >= 0.3 is 0 Å². The number of hydrogen-bond donors (Lipinski definition) is 1. The molecule has 1 aliphatic carbocycles. The normalized spacial score (nSPS) is 26.7. The summed E-state index contributed by atoms with van der Waals surface area (Å²) < 4.78 is 0. The molecule has 15 heavy (non-hydrogen) atoms. The first-order valence-corrected chi connectivity index (χ1v) is 6.30. The highest BCUT2D eigenvalue weighted by Gasteiger charge is 2.25. The van der Waals surface area contributed by atoms with Crippen molar-refractivity contribution in [2.24, 2.45) is 5.92 Å². The minimum Gasteiger partial charge on any atom is -0.341 e. The molecule has 86 valence electrons. The smallest absolute Gasteiger partial charge is 0.236 e. The van der Waals surface area contributed by atoms with Gasteiger partial charge in [-0.3, -0.25) is 4.79 Å². The van der Waals surface area contributed by atoms with Gasteiger partial charge in [-0.25, -0.2) is 0 Å². The maximum Gasteiger partial charge on any atom is 0.236 e. The molecule has 0 bridgehead atoms. The van der Waals surface area contributed by atoms with E-state index in [4.69, 9.17) is 0 Å². The summed E-state index contributed by atoms with van der Waals surface area (Å²) in [5, 5.41) is 3.30. The Morgan fingerprint density at radius 3 is 2.87 bits per heavy atom. The van der Waals surface area contributed by atoms with Crippen LogP contribution in [0.4, 0.5) is 0 Å². The molecule has 3 nitrogen and oxygen atoms in total. The number of piperidine rings is 1. The van der Waals surface area contributed by atoms with E-state index in [1.54, 1.807) is 0 Å². The first kappa shape index (κ1) is 10.9. The van der Waals surface area contributed by atoms with E-state index in [2.05, 4.69) is 12.2 Å². The molecule has 1 amide bonds. The van der Waals surface area contributed by atoms with Crippen LogP contribution in [0.5, 0.6) is 0 Å². The second-order valence-corrected chi connectivity index (χ2v) is 4.91. The zero-order valence-corrected chi connectivity index (χ0v) is 9.67. The highest BCUT2D eigenvalue weighted by Crippen LogP contribution is 2.20. The van der Waals surface area contributed by atoms with E-state index in [1.165, 1.54) is 32.1 Å². The van der Waals surface area contributed by atoms with Crippen molar-refractivity contribution in [3.8, 4) is 0 Å². The van der Waals surface area contributed by atoms with Gasteiger partial charge in [0.1, 0.15) is 0 Å². The number of hydrogen-bond acceptors (Lipinski definition) is 2. The minimum atomic E-state index is 0.306. The lowest BCUT2D eigenvalue weighted by Gasteiger charge is -2.32. The molecule has 1 saturated carbocycles. The molecule has 0 spiro atoms. The van der Waals surface area contributed by atoms with Crippen molar-refractivity contribution in [2.75, 3.05) is 19.6 Å². The van der Waals surface area contributed by atoms with Gasteiger partial charge in [-0.15, -0.1) is 0 Å². The number of amides is 1. The van der Waals surface area contributed by atoms with Gasteiger partial charge in [-0.1, -0.05) is 13.3 Å². The number of carbonyl (C=O) groups is 1. The first-order chi connectivity index (χ1) is 7.29. The standard InChI is InChI=1S/C12H22N2O/c1-2-10-4-3-7-14(9-10)12(15)8-13-11-5-6-11/h10-11,13H,2-9H2,1H3. The SMILES string of the molecule is CCC1CCCN(C(=O)CNC2CC2)C1. The highest BCUT2D eigenvalue weighted by atomic mass is 16.2. The Labute approximate surface area is 92.2 Å². The van der Waals surface area contributed by atoms with E-state index in [-0.39, 0.29) is 0 Å². The van der Waals surface area contributed by atoms with E-state index < -0.39 is 0 Å². The molecule has 1 heterocycles. The van der Waals surface area contributed by atoms with Crippen LogP contribution in [0, 0.1) is 5.92 Å². The molecule has 0 radical (unpaired) electrons. The van der Waals surface area contributed by atoms with Crippen LogP contribution in [0.15, 0.2) is 0 Å². The Balaban J connectivity index is 1.72. The summed E-state index contributed by atoms with van der Waals surface area (Å²) in [6.45, 7) is 4.74. The summed E-state index contributed by atoms with van der Waals surface area (Å²) in [6, 6.07) is 0.640. The van der Waals surface area contributed by atoms with Gasteiger partial charge in [0.05, 0.1) is 6.54 Å². The average Bonchev–Trinajstić information content (AvgIpc) is 3.10. The molecular formula is C12H22N2O. The Morgan fingerprint density at radius 1 is 1.40 bits per heavy atom. The van der Waals surface area contributed by atoms with E-state index in [1.807, 2.05) is 4.90 Å². The topological polar surface area (TPSA) is 32.3 Å². The van der Waals surface area contributed by atoms with Gasteiger partial charge in [0, 0.05) is 19.1 Å². The molecule has 3 heteroatoms. The fourth-order valence-electron chi connectivity index (χ4n) is 2.26. The molecule has 0 aromatic heterocycles. The van der Waals surface area contributed by atoms with Crippen LogP contribution in [0.1, 0.15) is 39.0 Å². The summed E-state index contributed by atoms with van der Waals surface area (Å²) in [5.74, 6) is 1.05. The van der Waals surface area contributed by atoms with Crippen molar-refractivity contribution in [2.45, 2.75) is 45.1 Å². The van der Waals surface area contributed by atoms with Gasteiger partial charge in [-0.2, -0.15) is 0 Å². The summed E-state index contributed by atoms with van der Waals surface area (Å²) in [7, 11) is 0. The lowest BCUT2D eigenvalue weighted by atomic mass is 9.96. The molecular weight excluding hydrogens is 188 g/mol.